The molecule has 2 aromatic rings. The summed E-state index contributed by atoms with van der Waals surface area (Å²) in [5.74, 6) is 5.08. The number of carbonyl (C=O) groups excluding carboxylic acids is 2. The Bertz CT molecular complexity index is 1120. The molecule has 2 unspecified atom stereocenters. The quantitative estimate of drug-likeness (QED) is 0.245. The first-order chi connectivity index (χ1) is 17.0. The van der Waals surface area contributed by atoms with Gasteiger partial charge in [0.05, 0.1) is 12.5 Å². The van der Waals surface area contributed by atoms with E-state index in [1.54, 1.807) is 0 Å². The van der Waals surface area contributed by atoms with E-state index in [0.717, 1.165) is 60.3 Å². The molecule has 0 bridgehead atoms. The van der Waals surface area contributed by atoms with Crippen LogP contribution >= 0.6 is 0 Å². The fraction of sp³-hybridized carbons (Fsp3) is 0.407. The SMILES string of the molecule is CCCN(CCC)C(=O)C1=Cc2ccc(-c3ccc(C4CCOC4=O)cc3)cc2NC(N=NN)C1. The van der Waals surface area contributed by atoms with Crippen LogP contribution in [-0.2, 0) is 14.3 Å². The smallest absolute Gasteiger partial charge is 0.313 e. The number of nitrogens with one attached hydrogen (secondary N) is 1. The van der Waals surface area contributed by atoms with Crippen LogP contribution in [-0.4, -0.2) is 42.6 Å². The van der Waals surface area contributed by atoms with Gasteiger partial charge in [0.2, 0.25) is 5.91 Å². The fourth-order valence-electron chi connectivity index (χ4n) is 4.74. The molecule has 1 saturated heterocycles. The van der Waals surface area contributed by atoms with Crippen molar-refractivity contribution >= 4 is 23.6 Å². The van der Waals surface area contributed by atoms with Crippen LogP contribution in [0.25, 0.3) is 17.2 Å². The lowest BCUT2D eigenvalue weighted by Gasteiger charge is -2.23. The van der Waals surface area contributed by atoms with E-state index in [-0.39, 0.29) is 17.8 Å². The maximum absolute atomic E-state index is 13.3. The standard InChI is InChI=1S/C27H33N5O3/c1-3-12-32(13-4-2)26(33)22-15-21-10-9-20(16-24(21)29-25(17-22)30-31-28)18-5-7-19(8-6-18)23-11-14-35-27(23)34/h5-10,15-16,23,25,29H,3-4,11-14,17H2,1-2H3,(H2,28,30). The predicted octanol–water partition coefficient (Wildman–Crippen LogP) is 4.88. The molecule has 0 aromatic heterocycles. The highest BCUT2D eigenvalue weighted by Crippen LogP contribution is 2.33. The number of fused-ring (bicyclic) bond motifs is 1. The van der Waals surface area contributed by atoms with Gasteiger partial charge >= 0.3 is 5.97 Å². The molecule has 2 aliphatic heterocycles. The second kappa shape index (κ2) is 11.2. The maximum atomic E-state index is 13.3. The Morgan fingerprint density at radius 1 is 1.11 bits per heavy atom. The summed E-state index contributed by atoms with van der Waals surface area (Å²) in [4.78, 5) is 27.2. The Kier molecular flexibility index (Phi) is 7.80. The number of amides is 1. The Balaban J connectivity index is 1.63. The van der Waals surface area contributed by atoms with Crippen molar-refractivity contribution in [1.82, 2.24) is 4.90 Å². The summed E-state index contributed by atoms with van der Waals surface area (Å²) in [6.45, 7) is 6.08. The number of nitrogens with zero attached hydrogens (tertiary/aromatic N) is 3. The van der Waals surface area contributed by atoms with Crippen LogP contribution in [0.4, 0.5) is 5.69 Å². The van der Waals surface area contributed by atoms with E-state index >= 15 is 0 Å². The van der Waals surface area contributed by atoms with E-state index < -0.39 is 6.17 Å². The van der Waals surface area contributed by atoms with E-state index in [2.05, 4.69) is 29.5 Å². The molecule has 3 N–H and O–H groups in total. The molecular formula is C27H33N5O3. The third kappa shape index (κ3) is 5.53. The normalized spacial score (nSPS) is 19.5. The topological polar surface area (TPSA) is 109 Å². The summed E-state index contributed by atoms with van der Waals surface area (Å²) in [6.07, 6.45) is 4.45. The number of carbonyl (C=O) groups is 2. The Labute approximate surface area is 206 Å². The number of anilines is 1. The predicted molar refractivity (Wildman–Crippen MR) is 136 cm³/mol. The first-order valence-corrected chi connectivity index (χ1v) is 12.3. The molecule has 4 rings (SSSR count). The van der Waals surface area contributed by atoms with Crippen LogP contribution in [0.15, 0.2) is 58.4 Å². The number of ether oxygens (including phenoxy) is 1. The van der Waals surface area contributed by atoms with E-state index in [4.69, 9.17) is 10.6 Å². The van der Waals surface area contributed by atoms with Gasteiger partial charge in [-0.05, 0) is 53.7 Å². The highest BCUT2D eigenvalue weighted by molar-refractivity contribution is 5.99. The van der Waals surface area contributed by atoms with Crippen LogP contribution in [0.3, 0.4) is 0 Å². The highest BCUT2D eigenvalue weighted by atomic mass is 16.5. The molecule has 184 valence electrons. The van der Waals surface area contributed by atoms with Crippen LogP contribution in [0.5, 0.6) is 0 Å². The summed E-state index contributed by atoms with van der Waals surface area (Å²) in [5, 5.41) is 11.0. The van der Waals surface area contributed by atoms with Crippen molar-refractivity contribution in [2.45, 2.75) is 51.6 Å². The van der Waals surface area contributed by atoms with Crippen LogP contribution in [0.2, 0.25) is 0 Å². The van der Waals surface area contributed by atoms with Gasteiger partial charge < -0.3 is 20.8 Å². The molecule has 0 aliphatic carbocycles. The third-order valence-corrected chi connectivity index (χ3v) is 6.46. The first kappa shape index (κ1) is 24.4. The van der Waals surface area contributed by atoms with Crippen molar-refractivity contribution in [1.29, 1.82) is 0 Å². The summed E-state index contributed by atoms with van der Waals surface area (Å²) in [5.41, 5.74) is 5.50. The second-order valence-corrected chi connectivity index (χ2v) is 8.99. The van der Waals surface area contributed by atoms with E-state index in [9.17, 15) is 9.59 Å². The van der Waals surface area contributed by atoms with Crippen LogP contribution < -0.4 is 11.2 Å². The molecule has 1 fully saturated rings. The van der Waals surface area contributed by atoms with Crippen LogP contribution in [0, 0.1) is 0 Å². The average Bonchev–Trinajstić information content (AvgIpc) is 3.20. The highest BCUT2D eigenvalue weighted by Gasteiger charge is 2.28. The summed E-state index contributed by atoms with van der Waals surface area (Å²) in [6, 6.07) is 14.1. The van der Waals surface area contributed by atoms with Gasteiger partial charge in [0.25, 0.3) is 0 Å². The van der Waals surface area contributed by atoms with Crippen molar-refractivity contribution in [3.8, 4) is 11.1 Å². The molecule has 1 amide bonds. The van der Waals surface area contributed by atoms with Gasteiger partial charge in [-0.3, -0.25) is 9.59 Å². The molecule has 0 radical (unpaired) electrons. The van der Waals surface area contributed by atoms with E-state index in [0.29, 0.717) is 18.6 Å². The number of nitrogens with two attached hydrogens (primary N) is 1. The monoisotopic (exact) mass is 475 g/mol. The number of benzene rings is 2. The molecule has 0 spiro atoms. The zero-order chi connectivity index (χ0) is 24.8. The minimum Gasteiger partial charge on any atom is -0.465 e. The summed E-state index contributed by atoms with van der Waals surface area (Å²) >= 11 is 0. The van der Waals surface area contributed by atoms with Crippen molar-refractivity contribution in [2.24, 2.45) is 16.2 Å². The molecule has 2 aliphatic rings. The molecule has 2 atom stereocenters. The van der Waals surface area contributed by atoms with Gasteiger partial charge in [-0.2, -0.15) is 0 Å². The van der Waals surface area contributed by atoms with Gasteiger partial charge in [0, 0.05) is 30.8 Å². The van der Waals surface area contributed by atoms with E-state index in [1.807, 2.05) is 53.4 Å². The summed E-state index contributed by atoms with van der Waals surface area (Å²) in [7, 11) is 0. The zero-order valence-corrected chi connectivity index (χ0v) is 20.4. The molecular weight excluding hydrogens is 442 g/mol. The minimum atomic E-state index is -0.437. The van der Waals surface area contributed by atoms with E-state index in [1.165, 1.54) is 0 Å². The Morgan fingerprint density at radius 2 is 1.83 bits per heavy atom. The maximum Gasteiger partial charge on any atom is 0.313 e. The molecule has 8 nitrogen and oxygen atoms in total. The largest absolute Gasteiger partial charge is 0.465 e. The number of cyclic esters (lactones) is 1. The molecule has 35 heavy (non-hydrogen) atoms. The second-order valence-electron chi connectivity index (χ2n) is 8.99. The molecule has 2 heterocycles. The summed E-state index contributed by atoms with van der Waals surface area (Å²) < 4.78 is 5.10. The number of esters is 1. The molecule has 2 aromatic carbocycles. The molecule has 0 saturated carbocycles. The Hall–Kier alpha value is -3.68. The lowest BCUT2D eigenvalue weighted by Crippen LogP contribution is -2.34. The van der Waals surface area contributed by atoms with Crippen molar-refractivity contribution < 1.29 is 14.3 Å². The van der Waals surface area contributed by atoms with Gasteiger partial charge in [-0.1, -0.05) is 55.5 Å². The number of hydrogen-bond acceptors (Lipinski definition) is 6. The number of hydrogen-bond donors (Lipinski definition) is 2. The zero-order valence-electron chi connectivity index (χ0n) is 20.4. The fourth-order valence-corrected chi connectivity index (χ4v) is 4.74. The number of rotatable bonds is 8. The third-order valence-electron chi connectivity index (χ3n) is 6.46. The van der Waals surface area contributed by atoms with Gasteiger partial charge in [-0.25, -0.2) is 0 Å². The lowest BCUT2D eigenvalue weighted by molar-refractivity contribution is -0.139. The minimum absolute atomic E-state index is 0.0330. The van der Waals surface area contributed by atoms with Gasteiger partial charge in [0.1, 0.15) is 6.17 Å². The van der Waals surface area contributed by atoms with Crippen molar-refractivity contribution in [3.05, 3.63) is 59.2 Å². The van der Waals surface area contributed by atoms with Gasteiger partial charge in [0.15, 0.2) is 0 Å². The van der Waals surface area contributed by atoms with Crippen molar-refractivity contribution in [3.63, 3.8) is 0 Å². The lowest BCUT2D eigenvalue weighted by atomic mass is 9.94. The first-order valence-electron chi connectivity index (χ1n) is 12.3. The van der Waals surface area contributed by atoms with Crippen molar-refractivity contribution in [2.75, 3.05) is 25.0 Å². The van der Waals surface area contributed by atoms with Gasteiger partial charge in [-0.15, -0.1) is 5.11 Å². The Morgan fingerprint density at radius 3 is 2.46 bits per heavy atom. The average molecular weight is 476 g/mol. The van der Waals surface area contributed by atoms with Crippen LogP contribution in [0.1, 0.15) is 56.6 Å². The molecule has 8 heteroatoms.